The highest BCUT2D eigenvalue weighted by Crippen LogP contribution is 2.38. The third-order valence-corrected chi connectivity index (χ3v) is 4.97. The highest BCUT2D eigenvalue weighted by molar-refractivity contribution is 5.96. The minimum absolute atomic E-state index is 0.260. The maximum atomic E-state index is 13.3. The van der Waals surface area contributed by atoms with Crippen molar-refractivity contribution in [3.05, 3.63) is 82.7 Å². The molecule has 0 saturated carbocycles. The first-order valence-corrected chi connectivity index (χ1v) is 9.56. The van der Waals surface area contributed by atoms with Crippen LogP contribution in [0.3, 0.4) is 0 Å². The smallest absolute Gasteiger partial charge is 0.252 e. The summed E-state index contributed by atoms with van der Waals surface area (Å²) < 4.78 is 16.1. The molecule has 1 N–H and O–H groups in total. The molecule has 1 heterocycles. The SMILES string of the molecule is COc1cc(C(=O)N[C@H](c2cccnc2)c2cc(C)ccc2C)cc(OC)c1OC. The van der Waals surface area contributed by atoms with Crippen molar-refractivity contribution in [2.24, 2.45) is 0 Å². The largest absolute Gasteiger partial charge is 0.493 e. The summed E-state index contributed by atoms with van der Waals surface area (Å²) in [5, 5.41) is 3.14. The van der Waals surface area contributed by atoms with Gasteiger partial charge in [0.1, 0.15) is 0 Å². The molecule has 0 spiro atoms. The van der Waals surface area contributed by atoms with E-state index in [1.807, 2.05) is 26.0 Å². The number of carbonyl (C=O) groups is 1. The molecule has 156 valence electrons. The Kier molecular flexibility index (Phi) is 6.57. The predicted molar refractivity (Wildman–Crippen MR) is 116 cm³/mol. The number of amides is 1. The lowest BCUT2D eigenvalue weighted by Crippen LogP contribution is -2.30. The summed E-state index contributed by atoms with van der Waals surface area (Å²) in [6.07, 6.45) is 3.48. The molecular weight excluding hydrogens is 380 g/mol. The van der Waals surface area contributed by atoms with E-state index < -0.39 is 0 Å². The average molecular weight is 406 g/mol. The van der Waals surface area contributed by atoms with Gasteiger partial charge in [-0.2, -0.15) is 0 Å². The number of rotatable bonds is 7. The summed E-state index contributed by atoms with van der Waals surface area (Å²) in [4.78, 5) is 17.5. The van der Waals surface area contributed by atoms with Gasteiger partial charge in [0.2, 0.25) is 5.75 Å². The highest BCUT2D eigenvalue weighted by Gasteiger charge is 2.22. The molecule has 0 aliphatic carbocycles. The van der Waals surface area contributed by atoms with E-state index in [4.69, 9.17) is 14.2 Å². The Morgan fingerprint density at radius 3 is 2.23 bits per heavy atom. The normalized spacial score (nSPS) is 11.5. The first kappa shape index (κ1) is 21.2. The van der Waals surface area contributed by atoms with E-state index in [1.165, 1.54) is 21.3 Å². The number of pyridine rings is 1. The summed E-state index contributed by atoms with van der Waals surface area (Å²) in [7, 11) is 4.57. The van der Waals surface area contributed by atoms with Gasteiger partial charge in [-0.3, -0.25) is 9.78 Å². The molecule has 0 aliphatic rings. The van der Waals surface area contributed by atoms with Gasteiger partial charge in [0, 0.05) is 18.0 Å². The molecule has 0 aliphatic heterocycles. The number of benzene rings is 2. The molecule has 3 rings (SSSR count). The van der Waals surface area contributed by atoms with Crippen molar-refractivity contribution in [1.29, 1.82) is 0 Å². The molecule has 6 nitrogen and oxygen atoms in total. The van der Waals surface area contributed by atoms with Crippen molar-refractivity contribution in [1.82, 2.24) is 10.3 Å². The summed E-state index contributed by atoms with van der Waals surface area (Å²) in [5.74, 6) is 1.03. The number of aromatic nitrogens is 1. The van der Waals surface area contributed by atoms with Gasteiger partial charge in [-0.05, 0) is 48.7 Å². The van der Waals surface area contributed by atoms with Gasteiger partial charge >= 0.3 is 0 Å². The van der Waals surface area contributed by atoms with E-state index >= 15 is 0 Å². The monoisotopic (exact) mass is 406 g/mol. The number of ether oxygens (including phenoxy) is 3. The summed E-state index contributed by atoms with van der Waals surface area (Å²) in [5.41, 5.74) is 4.52. The third-order valence-electron chi connectivity index (χ3n) is 4.97. The van der Waals surface area contributed by atoms with Crippen LogP contribution in [0, 0.1) is 13.8 Å². The number of aryl methyl sites for hydroxylation is 2. The molecular formula is C24H26N2O4. The molecule has 0 bridgehead atoms. The third kappa shape index (κ3) is 4.38. The highest BCUT2D eigenvalue weighted by atomic mass is 16.5. The zero-order chi connectivity index (χ0) is 21.7. The molecule has 0 radical (unpaired) electrons. The molecule has 0 unspecified atom stereocenters. The fraction of sp³-hybridized carbons (Fsp3) is 0.250. The quantitative estimate of drug-likeness (QED) is 0.635. The fourth-order valence-corrected chi connectivity index (χ4v) is 3.38. The topological polar surface area (TPSA) is 69.7 Å². The molecule has 6 heteroatoms. The molecule has 1 atom stereocenters. The van der Waals surface area contributed by atoms with Gasteiger partial charge in [-0.25, -0.2) is 0 Å². The van der Waals surface area contributed by atoms with Gasteiger partial charge in [0.25, 0.3) is 5.91 Å². The molecule has 1 amide bonds. The van der Waals surface area contributed by atoms with Crippen LogP contribution < -0.4 is 19.5 Å². The second-order valence-electron chi connectivity index (χ2n) is 6.97. The van der Waals surface area contributed by atoms with E-state index in [-0.39, 0.29) is 11.9 Å². The number of nitrogens with one attached hydrogen (secondary N) is 1. The summed E-state index contributed by atoms with van der Waals surface area (Å²) in [6, 6.07) is 12.9. The van der Waals surface area contributed by atoms with Crippen LogP contribution in [0.15, 0.2) is 54.9 Å². The van der Waals surface area contributed by atoms with Crippen LogP contribution in [0.2, 0.25) is 0 Å². The van der Waals surface area contributed by atoms with E-state index in [1.54, 1.807) is 24.5 Å². The maximum absolute atomic E-state index is 13.3. The van der Waals surface area contributed by atoms with Crippen LogP contribution >= 0.6 is 0 Å². The lowest BCUT2D eigenvalue weighted by atomic mass is 9.94. The van der Waals surface area contributed by atoms with Crippen LogP contribution in [0.4, 0.5) is 0 Å². The second-order valence-corrected chi connectivity index (χ2v) is 6.97. The molecule has 1 aromatic heterocycles. The number of nitrogens with zero attached hydrogens (tertiary/aromatic N) is 1. The van der Waals surface area contributed by atoms with Crippen LogP contribution in [0.25, 0.3) is 0 Å². The molecule has 3 aromatic rings. The van der Waals surface area contributed by atoms with Crippen molar-refractivity contribution in [2.45, 2.75) is 19.9 Å². The predicted octanol–water partition coefficient (Wildman–Crippen LogP) is 4.24. The summed E-state index contributed by atoms with van der Waals surface area (Å²) in [6.45, 7) is 4.06. The molecule has 0 fully saturated rings. The maximum Gasteiger partial charge on any atom is 0.252 e. The number of hydrogen-bond donors (Lipinski definition) is 1. The second kappa shape index (κ2) is 9.31. The van der Waals surface area contributed by atoms with E-state index in [9.17, 15) is 4.79 Å². The van der Waals surface area contributed by atoms with Crippen LogP contribution in [0.1, 0.15) is 38.7 Å². The first-order valence-electron chi connectivity index (χ1n) is 9.56. The Balaban J connectivity index is 2.03. The van der Waals surface area contributed by atoms with Crippen molar-refractivity contribution >= 4 is 5.91 Å². The van der Waals surface area contributed by atoms with E-state index in [0.29, 0.717) is 22.8 Å². The van der Waals surface area contributed by atoms with E-state index in [0.717, 1.165) is 22.3 Å². The number of carbonyl (C=O) groups excluding carboxylic acids is 1. The average Bonchev–Trinajstić information content (AvgIpc) is 2.78. The molecule has 2 aromatic carbocycles. The zero-order valence-electron chi connectivity index (χ0n) is 17.9. The Labute approximate surface area is 176 Å². The zero-order valence-corrected chi connectivity index (χ0v) is 17.9. The molecule has 30 heavy (non-hydrogen) atoms. The van der Waals surface area contributed by atoms with Crippen LogP contribution in [-0.4, -0.2) is 32.2 Å². The molecule has 0 saturated heterocycles. The minimum atomic E-state index is -0.356. The van der Waals surface area contributed by atoms with Gasteiger partial charge in [0.05, 0.1) is 27.4 Å². The Hall–Kier alpha value is -3.54. The van der Waals surface area contributed by atoms with Gasteiger partial charge < -0.3 is 19.5 Å². The Bertz CT molecular complexity index is 1010. The van der Waals surface area contributed by atoms with Gasteiger partial charge in [-0.1, -0.05) is 29.8 Å². The van der Waals surface area contributed by atoms with Crippen molar-refractivity contribution in [2.75, 3.05) is 21.3 Å². The Morgan fingerprint density at radius 2 is 1.67 bits per heavy atom. The number of hydrogen-bond acceptors (Lipinski definition) is 5. The van der Waals surface area contributed by atoms with Gasteiger partial charge in [-0.15, -0.1) is 0 Å². The van der Waals surface area contributed by atoms with Crippen molar-refractivity contribution in [3.8, 4) is 17.2 Å². The van der Waals surface area contributed by atoms with Gasteiger partial charge in [0.15, 0.2) is 11.5 Å². The fourth-order valence-electron chi connectivity index (χ4n) is 3.38. The van der Waals surface area contributed by atoms with Crippen LogP contribution in [-0.2, 0) is 0 Å². The van der Waals surface area contributed by atoms with E-state index in [2.05, 4.69) is 28.5 Å². The van der Waals surface area contributed by atoms with Crippen molar-refractivity contribution < 1.29 is 19.0 Å². The lowest BCUT2D eigenvalue weighted by Gasteiger charge is -2.22. The lowest BCUT2D eigenvalue weighted by molar-refractivity contribution is 0.0942. The first-order chi connectivity index (χ1) is 14.5. The standard InChI is InChI=1S/C24H26N2O4/c1-15-8-9-16(2)19(11-15)22(17-7-6-10-25-14-17)26-24(27)18-12-20(28-3)23(30-5)21(13-18)29-4/h6-14,22H,1-5H3,(H,26,27)/t22-/m1/s1. The number of methoxy groups -OCH3 is 3. The Morgan fingerprint density at radius 1 is 0.967 bits per heavy atom. The minimum Gasteiger partial charge on any atom is -0.493 e. The van der Waals surface area contributed by atoms with Crippen molar-refractivity contribution in [3.63, 3.8) is 0 Å². The summed E-state index contributed by atoms with van der Waals surface area (Å²) >= 11 is 0. The van der Waals surface area contributed by atoms with Crippen LogP contribution in [0.5, 0.6) is 17.2 Å².